The van der Waals surface area contributed by atoms with Gasteiger partial charge in [-0.05, 0) is 29.8 Å². The SMILES string of the molecule is COc1cc(CN2CCN(c3ccc(-c4cn[nH]c4)cn3)C2=O)ccc1F. The fourth-order valence-electron chi connectivity index (χ4n) is 3.09. The number of nitrogens with one attached hydrogen (secondary N) is 1. The van der Waals surface area contributed by atoms with E-state index in [0.29, 0.717) is 25.5 Å². The second-order valence-electron chi connectivity index (χ2n) is 6.22. The molecule has 2 aromatic heterocycles. The number of hydrogen-bond donors (Lipinski definition) is 1. The first-order chi connectivity index (χ1) is 13.2. The highest BCUT2D eigenvalue weighted by Crippen LogP contribution is 2.24. The smallest absolute Gasteiger partial charge is 0.326 e. The summed E-state index contributed by atoms with van der Waals surface area (Å²) in [6.45, 7) is 1.51. The number of anilines is 1. The van der Waals surface area contributed by atoms with Crippen molar-refractivity contribution in [1.82, 2.24) is 20.1 Å². The van der Waals surface area contributed by atoms with Crippen molar-refractivity contribution < 1.29 is 13.9 Å². The number of aromatic amines is 1. The predicted molar refractivity (Wildman–Crippen MR) is 97.9 cm³/mol. The van der Waals surface area contributed by atoms with Crippen molar-refractivity contribution in [2.75, 3.05) is 25.1 Å². The lowest BCUT2D eigenvalue weighted by Crippen LogP contribution is -2.31. The van der Waals surface area contributed by atoms with Crippen molar-refractivity contribution in [3.63, 3.8) is 0 Å². The van der Waals surface area contributed by atoms with E-state index in [1.54, 1.807) is 40.5 Å². The van der Waals surface area contributed by atoms with Crippen molar-refractivity contribution in [3.05, 3.63) is 60.3 Å². The summed E-state index contributed by atoms with van der Waals surface area (Å²) in [5, 5.41) is 6.69. The Morgan fingerprint density at radius 3 is 2.78 bits per heavy atom. The number of H-pyrrole nitrogens is 1. The first kappa shape index (κ1) is 17.0. The molecule has 138 valence electrons. The van der Waals surface area contributed by atoms with Gasteiger partial charge in [-0.1, -0.05) is 6.07 Å². The molecule has 0 radical (unpaired) electrons. The van der Waals surface area contributed by atoms with Crippen LogP contribution in [0.15, 0.2) is 48.9 Å². The minimum atomic E-state index is -0.419. The molecule has 4 rings (SSSR count). The summed E-state index contributed by atoms with van der Waals surface area (Å²) < 4.78 is 18.6. The van der Waals surface area contributed by atoms with Crippen LogP contribution in [0, 0.1) is 5.82 Å². The monoisotopic (exact) mass is 367 g/mol. The quantitative estimate of drug-likeness (QED) is 0.752. The molecule has 0 spiro atoms. The molecule has 2 amide bonds. The van der Waals surface area contributed by atoms with Gasteiger partial charge in [0.25, 0.3) is 0 Å². The third-order valence-corrected chi connectivity index (χ3v) is 4.54. The van der Waals surface area contributed by atoms with Crippen LogP contribution in [0.3, 0.4) is 0 Å². The number of amides is 2. The van der Waals surface area contributed by atoms with Crippen LogP contribution in [-0.4, -0.2) is 46.3 Å². The molecule has 1 aromatic carbocycles. The van der Waals surface area contributed by atoms with E-state index in [9.17, 15) is 9.18 Å². The van der Waals surface area contributed by atoms with Crippen LogP contribution in [0.25, 0.3) is 11.1 Å². The highest BCUT2D eigenvalue weighted by atomic mass is 19.1. The fourth-order valence-corrected chi connectivity index (χ4v) is 3.09. The number of carbonyl (C=O) groups excluding carboxylic acids is 1. The van der Waals surface area contributed by atoms with Crippen molar-refractivity contribution in [3.8, 4) is 16.9 Å². The molecule has 3 aromatic rings. The molecule has 0 aliphatic carbocycles. The van der Waals surface area contributed by atoms with E-state index in [1.165, 1.54) is 13.2 Å². The van der Waals surface area contributed by atoms with Crippen LogP contribution >= 0.6 is 0 Å². The summed E-state index contributed by atoms with van der Waals surface area (Å²) in [7, 11) is 1.42. The van der Waals surface area contributed by atoms with E-state index in [-0.39, 0.29) is 11.8 Å². The predicted octanol–water partition coefficient (Wildman–Crippen LogP) is 3.06. The number of ether oxygens (including phenoxy) is 1. The lowest BCUT2D eigenvalue weighted by atomic mass is 10.2. The van der Waals surface area contributed by atoms with Gasteiger partial charge < -0.3 is 9.64 Å². The molecule has 1 aliphatic heterocycles. The largest absolute Gasteiger partial charge is 0.494 e. The Kier molecular flexibility index (Phi) is 4.45. The van der Waals surface area contributed by atoms with Gasteiger partial charge in [-0.2, -0.15) is 5.10 Å². The van der Waals surface area contributed by atoms with Gasteiger partial charge >= 0.3 is 6.03 Å². The Labute approximate surface area is 155 Å². The second kappa shape index (κ2) is 7.06. The molecule has 1 N–H and O–H groups in total. The molecule has 3 heterocycles. The van der Waals surface area contributed by atoms with Crippen LogP contribution in [0.1, 0.15) is 5.56 Å². The second-order valence-corrected chi connectivity index (χ2v) is 6.22. The summed E-state index contributed by atoms with van der Waals surface area (Å²) in [5.41, 5.74) is 2.68. The maximum atomic E-state index is 13.6. The molecule has 7 nitrogen and oxygen atoms in total. The number of carbonyl (C=O) groups is 1. The summed E-state index contributed by atoms with van der Waals surface area (Å²) >= 11 is 0. The van der Waals surface area contributed by atoms with Gasteiger partial charge in [-0.15, -0.1) is 0 Å². The lowest BCUT2D eigenvalue weighted by molar-refractivity contribution is 0.218. The zero-order valence-corrected chi connectivity index (χ0v) is 14.7. The first-order valence-electron chi connectivity index (χ1n) is 8.50. The number of benzene rings is 1. The maximum Gasteiger partial charge on any atom is 0.326 e. The van der Waals surface area contributed by atoms with Crippen molar-refractivity contribution >= 4 is 11.8 Å². The zero-order chi connectivity index (χ0) is 18.8. The standard InChI is InChI=1S/C19H18FN5O2/c1-27-17-8-13(2-4-16(17)20)12-24-6-7-25(19(24)26)18-5-3-14(9-21-18)15-10-22-23-11-15/h2-5,8-11H,6-7,12H2,1H3,(H,22,23). The summed E-state index contributed by atoms with van der Waals surface area (Å²) in [6.07, 6.45) is 5.23. The molecule has 1 fully saturated rings. The molecule has 1 saturated heterocycles. The minimum Gasteiger partial charge on any atom is -0.494 e. The molecule has 27 heavy (non-hydrogen) atoms. The summed E-state index contributed by atoms with van der Waals surface area (Å²) in [5.74, 6) is 0.358. The molecule has 8 heteroatoms. The van der Waals surface area contributed by atoms with Gasteiger partial charge in [0.2, 0.25) is 0 Å². The lowest BCUT2D eigenvalue weighted by Gasteiger charge is -2.18. The first-order valence-corrected chi connectivity index (χ1v) is 8.50. The zero-order valence-electron chi connectivity index (χ0n) is 14.7. The molecule has 0 unspecified atom stereocenters. The van der Waals surface area contributed by atoms with E-state index >= 15 is 0 Å². The Balaban J connectivity index is 1.47. The Morgan fingerprint density at radius 2 is 2.07 bits per heavy atom. The highest BCUT2D eigenvalue weighted by molar-refractivity contribution is 5.93. The van der Waals surface area contributed by atoms with Crippen molar-refractivity contribution in [2.45, 2.75) is 6.54 Å². The van der Waals surface area contributed by atoms with Crippen LogP contribution < -0.4 is 9.64 Å². The number of halogens is 1. The van der Waals surface area contributed by atoms with Crippen molar-refractivity contribution in [2.24, 2.45) is 0 Å². The molecule has 0 bridgehead atoms. The minimum absolute atomic E-state index is 0.123. The Morgan fingerprint density at radius 1 is 1.19 bits per heavy atom. The van der Waals surface area contributed by atoms with Crippen LogP contribution in [0.4, 0.5) is 15.0 Å². The summed E-state index contributed by atoms with van der Waals surface area (Å²) in [6, 6.07) is 8.23. The van der Waals surface area contributed by atoms with E-state index in [4.69, 9.17) is 4.74 Å². The van der Waals surface area contributed by atoms with Gasteiger partial charge in [0.05, 0.1) is 13.3 Å². The average Bonchev–Trinajstić information content (AvgIpc) is 3.34. The molecule has 0 saturated carbocycles. The van der Waals surface area contributed by atoms with Gasteiger partial charge in [0.15, 0.2) is 11.6 Å². The Bertz CT molecular complexity index is 943. The molecular weight excluding hydrogens is 349 g/mol. The van der Waals surface area contributed by atoms with Crippen LogP contribution in [-0.2, 0) is 6.54 Å². The van der Waals surface area contributed by atoms with Gasteiger partial charge in [-0.25, -0.2) is 14.2 Å². The highest BCUT2D eigenvalue weighted by Gasteiger charge is 2.30. The Hall–Kier alpha value is -3.42. The number of methoxy groups -OCH3 is 1. The van der Waals surface area contributed by atoms with Gasteiger partial charge in [0, 0.05) is 43.2 Å². The number of urea groups is 1. The number of rotatable bonds is 5. The van der Waals surface area contributed by atoms with E-state index in [1.807, 2.05) is 12.1 Å². The van der Waals surface area contributed by atoms with Crippen molar-refractivity contribution in [1.29, 1.82) is 0 Å². The number of nitrogens with zero attached hydrogens (tertiary/aromatic N) is 4. The van der Waals surface area contributed by atoms with E-state index in [2.05, 4.69) is 15.2 Å². The fraction of sp³-hybridized carbons (Fsp3) is 0.211. The van der Waals surface area contributed by atoms with Gasteiger partial charge in [0.1, 0.15) is 5.82 Å². The number of aromatic nitrogens is 3. The number of hydrogen-bond acceptors (Lipinski definition) is 4. The topological polar surface area (TPSA) is 74.3 Å². The van der Waals surface area contributed by atoms with E-state index in [0.717, 1.165) is 16.7 Å². The van der Waals surface area contributed by atoms with Crippen LogP contribution in [0.5, 0.6) is 5.75 Å². The average molecular weight is 367 g/mol. The maximum absolute atomic E-state index is 13.6. The van der Waals surface area contributed by atoms with Gasteiger partial charge in [-0.3, -0.25) is 10.00 Å². The normalized spacial score (nSPS) is 14.1. The molecule has 0 atom stereocenters. The number of pyridine rings is 1. The third-order valence-electron chi connectivity index (χ3n) is 4.54. The molecular formula is C19H18FN5O2. The third kappa shape index (κ3) is 3.33. The summed E-state index contributed by atoms with van der Waals surface area (Å²) in [4.78, 5) is 20.5. The van der Waals surface area contributed by atoms with Crippen LogP contribution in [0.2, 0.25) is 0 Å². The van der Waals surface area contributed by atoms with E-state index < -0.39 is 5.82 Å². The molecule has 1 aliphatic rings.